The Kier molecular flexibility index (Phi) is 6.92. The second-order valence-corrected chi connectivity index (χ2v) is 9.10. The topological polar surface area (TPSA) is 71.3 Å². The molecule has 2 aromatic carbocycles. The van der Waals surface area contributed by atoms with Crippen LogP contribution in [-0.2, 0) is 11.3 Å². The Bertz CT molecular complexity index is 1090. The molecule has 0 radical (unpaired) electrons. The largest absolute Gasteiger partial charge is 0.349 e. The molecule has 1 N–H and O–H groups in total. The van der Waals surface area contributed by atoms with E-state index in [1.165, 1.54) is 16.7 Å². The van der Waals surface area contributed by atoms with Crippen molar-refractivity contribution in [1.82, 2.24) is 20.4 Å². The van der Waals surface area contributed by atoms with Crippen LogP contribution in [0.25, 0.3) is 11.4 Å². The molecule has 168 valence electrons. The maximum absolute atomic E-state index is 12.8. The van der Waals surface area contributed by atoms with Crippen molar-refractivity contribution < 1.29 is 9.32 Å². The third kappa shape index (κ3) is 5.37. The lowest BCUT2D eigenvalue weighted by molar-refractivity contribution is -0.127. The summed E-state index contributed by atoms with van der Waals surface area (Å²) in [6, 6.07) is 13.8. The summed E-state index contributed by atoms with van der Waals surface area (Å²) in [6.07, 6.45) is 1.64. The minimum Gasteiger partial charge on any atom is -0.349 e. The van der Waals surface area contributed by atoms with Gasteiger partial charge < -0.3 is 9.84 Å². The van der Waals surface area contributed by atoms with E-state index in [9.17, 15) is 4.79 Å². The lowest BCUT2D eigenvalue weighted by Gasteiger charge is -2.31. The fourth-order valence-electron chi connectivity index (χ4n) is 4.33. The first-order valence-electron chi connectivity index (χ1n) is 11.1. The molecule has 1 aromatic heterocycles. The highest BCUT2D eigenvalue weighted by atomic mass is 35.5. The molecule has 0 bridgehead atoms. The van der Waals surface area contributed by atoms with Crippen molar-refractivity contribution in [2.24, 2.45) is 5.92 Å². The number of nitrogens with one attached hydrogen (secondary N) is 1. The summed E-state index contributed by atoms with van der Waals surface area (Å²) in [5, 5.41) is 7.92. The highest BCUT2D eigenvalue weighted by Gasteiger charge is 2.27. The maximum atomic E-state index is 12.8. The highest BCUT2D eigenvalue weighted by molar-refractivity contribution is 6.30. The first kappa shape index (κ1) is 22.5. The van der Waals surface area contributed by atoms with Crippen molar-refractivity contribution in [2.75, 3.05) is 13.1 Å². The van der Waals surface area contributed by atoms with Crippen LogP contribution in [0.1, 0.15) is 48.4 Å². The van der Waals surface area contributed by atoms with E-state index in [2.05, 4.69) is 59.3 Å². The van der Waals surface area contributed by atoms with Gasteiger partial charge in [0.1, 0.15) is 0 Å². The first-order valence-corrected chi connectivity index (χ1v) is 11.5. The van der Waals surface area contributed by atoms with E-state index < -0.39 is 0 Å². The Morgan fingerprint density at radius 3 is 2.72 bits per heavy atom. The average Bonchev–Trinajstić information content (AvgIpc) is 3.22. The van der Waals surface area contributed by atoms with E-state index in [-0.39, 0.29) is 17.9 Å². The van der Waals surface area contributed by atoms with Crippen LogP contribution in [0, 0.1) is 19.8 Å². The van der Waals surface area contributed by atoms with Gasteiger partial charge >= 0.3 is 0 Å². The molecular formula is C25H29ClN4O2. The molecule has 32 heavy (non-hydrogen) atoms. The molecule has 1 saturated heterocycles. The van der Waals surface area contributed by atoms with Gasteiger partial charge in [-0.2, -0.15) is 4.98 Å². The predicted octanol–water partition coefficient (Wildman–Crippen LogP) is 5.10. The van der Waals surface area contributed by atoms with Crippen LogP contribution < -0.4 is 5.32 Å². The Labute approximate surface area is 194 Å². The molecule has 0 aliphatic carbocycles. The summed E-state index contributed by atoms with van der Waals surface area (Å²) in [6.45, 7) is 8.47. The number of benzene rings is 2. The van der Waals surface area contributed by atoms with Gasteiger partial charge in [-0.25, -0.2) is 0 Å². The molecule has 6 nitrogen and oxygen atoms in total. The molecule has 1 unspecified atom stereocenters. The number of carbonyl (C=O) groups is 1. The molecular weight excluding hydrogens is 424 g/mol. The summed E-state index contributed by atoms with van der Waals surface area (Å²) < 4.78 is 5.43. The average molecular weight is 453 g/mol. The standard InChI is InChI=1S/C25H29ClN4O2/c1-16-7-8-22(17(2)13-16)18(3)27-25(31)19-9-11-30(12-10-19)15-23-28-24(29-32-23)20-5-4-6-21(26)14-20/h4-8,13-14,18-19H,9-12,15H2,1-3H3,(H,27,31). The number of carbonyl (C=O) groups excluding carboxylic acids is 1. The van der Waals surface area contributed by atoms with Crippen LogP contribution in [0.2, 0.25) is 5.02 Å². The molecule has 1 atom stereocenters. The number of aromatic nitrogens is 2. The van der Waals surface area contributed by atoms with Crippen molar-refractivity contribution in [3.8, 4) is 11.4 Å². The molecule has 1 fully saturated rings. The molecule has 3 aromatic rings. The summed E-state index contributed by atoms with van der Waals surface area (Å²) >= 11 is 6.05. The third-order valence-electron chi connectivity index (χ3n) is 6.12. The number of piperidine rings is 1. The molecule has 0 spiro atoms. The van der Waals surface area contributed by atoms with Crippen LogP contribution in [0.5, 0.6) is 0 Å². The molecule has 1 amide bonds. The van der Waals surface area contributed by atoms with Crippen molar-refractivity contribution in [2.45, 2.75) is 46.2 Å². The number of hydrogen-bond donors (Lipinski definition) is 1. The highest BCUT2D eigenvalue weighted by Crippen LogP contribution is 2.24. The number of halogens is 1. The number of likely N-dealkylation sites (tertiary alicyclic amines) is 1. The van der Waals surface area contributed by atoms with Gasteiger partial charge in [0.15, 0.2) is 0 Å². The predicted molar refractivity (Wildman–Crippen MR) is 125 cm³/mol. The maximum Gasteiger partial charge on any atom is 0.241 e. The van der Waals surface area contributed by atoms with Crippen LogP contribution in [-0.4, -0.2) is 34.0 Å². The molecule has 0 saturated carbocycles. The Hall–Kier alpha value is -2.70. The van der Waals surface area contributed by atoms with Crippen LogP contribution in [0.4, 0.5) is 0 Å². The van der Waals surface area contributed by atoms with E-state index in [0.717, 1.165) is 31.5 Å². The monoisotopic (exact) mass is 452 g/mol. The van der Waals surface area contributed by atoms with Gasteiger partial charge in [-0.15, -0.1) is 0 Å². The van der Waals surface area contributed by atoms with Gasteiger partial charge in [0, 0.05) is 16.5 Å². The minimum atomic E-state index is 0.00411. The molecule has 4 rings (SSSR count). The fourth-order valence-corrected chi connectivity index (χ4v) is 4.52. The smallest absolute Gasteiger partial charge is 0.241 e. The molecule has 2 heterocycles. The van der Waals surface area contributed by atoms with E-state index in [0.29, 0.717) is 23.3 Å². The summed E-state index contributed by atoms with van der Waals surface area (Å²) in [4.78, 5) is 19.6. The van der Waals surface area contributed by atoms with Gasteiger partial charge in [-0.3, -0.25) is 9.69 Å². The Balaban J connectivity index is 1.28. The fraction of sp³-hybridized carbons (Fsp3) is 0.400. The normalized spacial score (nSPS) is 16.1. The second kappa shape index (κ2) is 9.84. The van der Waals surface area contributed by atoms with Gasteiger partial charge in [0.05, 0.1) is 12.6 Å². The summed E-state index contributed by atoms with van der Waals surface area (Å²) in [5.74, 6) is 1.28. The third-order valence-corrected chi connectivity index (χ3v) is 6.35. The number of amides is 1. The van der Waals surface area contributed by atoms with Crippen LogP contribution in [0.3, 0.4) is 0 Å². The molecule has 1 aliphatic rings. The number of nitrogens with zero attached hydrogens (tertiary/aromatic N) is 3. The van der Waals surface area contributed by atoms with Crippen LogP contribution >= 0.6 is 11.6 Å². The van der Waals surface area contributed by atoms with Crippen molar-refractivity contribution in [3.05, 3.63) is 70.1 Å². The quantitative estimate of drug-likeness (QED) is 0.563. The summed E-state index contributed by atoms with van der Waals surface area (Å²) in [5.41, 5.74) is 4.46. The lowest BCUT2D eigenvalue weighted by Crippen LogP contribution is -2.41. The molecule has 7 heteroatoms. The van der Waals surface area contributed by atoms with E-state index in [1.54, 1.807) is 0 Å². The van der Waals surface area contributed by atoms with Gasteiger partial charge in [0.2, 0.25) is 17.6 Å². The van der Waals surface area contributed by atoms with Crippen molar-refractivity contribution in [1.29, 1.82) is 0 Å². The summed E-state index contributed by atoms with van der Waals surface area (Å²) in [7, 11) is 0. The SMILES string of the molecule is Cc1ccc(C(C)NC(=O)C2CCN(Cc3nc(-c4cccc(Cl)c4)no3)CC2)c(C)c1. The first-order chi connectivity index (χ1) is 15.4. The Morgan fingerprint density at radius 1 is 1.22 bits per heavy atom. The minimum absolute atomic E-state index is 0.00411. The zero-order valence-electron chi connectivity index (χ0n) is 18.8. The van der Waals surface area contributed by atoms with Gasteiger partial charge in [-0.1, -0.05) is 52.7 Å². The lowest BCUT2D eigenvalue weighted by atomic mass is 9.94. The molecule has 1 aliphatic heterocycles. The number of rotatable bonds is 6. The second-order valence-electron chi connectivity index (χ2n) is 8.66. The van der Waals surface area contributed by atoms with E-state index in [1.807, 2.05) is 24.3 Å². The van der Waals surface area contributed by atoms with E-state index >= 15 is 0 Å². The van der Waals surface area contributed by atoms with Crippen LogP contribution in [0.15, 0.2) is 47.0 Å². The van der Waals surface area contributed by atoms with Gasteiger partial charge in [0.25, 0.3) is 0 Å². The zero-order valence-corrected chi connectivity index (χ0v) is 19.5. The van der Waals surface area contributed by atoms with Crippen molar-refractivity contribution >= 4 is 17.5 Å². The van der Waals surface area contributed by atoms with Gasteiger partial charge in [-0.05, 0) is 70.0 Å². The zero-order chi connectivity index (χ0) is 22.7. The Morgan fingerprint density at radius 2 is 2.00 bits per heavy atom. The van der Waals surface area contributed by atoms with Crippen molar-refractivity contribution in [3.63, 3.8) is 0 Å². The van der Waals surface area contributed by atoms with E-state index in [4.69, 9.17) is 16.1 Å². The number of hydrogen-bond acceptors (Lipinski definition) is 5. The number of aryl methyl sites for hydroxylation is 2.